The van der Waals surface area contributed by atoms with Gasteiger partial charge >= 0.3 is 5.97 Å². The summed E-state index contributed by atoms with van der Waals surface area (Å²) in [7, 11) is 3.13. The molecule has 4 aromatic rings. The summed E-state index contributed by atoms with van der Waals surface area (Å²) in [6.07, 6.45) is 2.31. The van der Waals surface area contributed by atoms with Crippen LogP contribution >= 0.6 is 0 Å². The van der Waals surface area contributed by atoms with Gasteiger partial charge in [0.05, 0.1) is 24.9 Å². The van der Waals surface area contributed by atoms with Gasteiger partial charge in [0.2, 0.25) is 11.8 Å². The molecule has 4 heterocycles. The van der Waals surface area contributed by atoms with E-state index in [1.807, 2.05) is 31.2 Å². The third kappa shape index (κ3) is 10.00. The number of aromatic nitrogens is 1. The number of likely N-dealkylation sites (tertiary alicyclic amines) is 1. The van der Waals surface area contributed by atoms with Crippen LogP contribution in [-0.4, -0.2) is 123 Å². The van der Waals surface area contributed by atoms with E-state index >= 15 is 0 Å². The number of hydrogen-bond acceptors (Lipinski definition) is 10. The normalized spacial score (nSPS) is 21.9. The summed E-state index contributed by atoms with van der Waals surface area (Å²) in [6.45, 7) is 16.2. The highest BCUT2D eigenvalue weighted by Gasteiger charge is 2.48. The molecule has 0 spiro atoms. The Labute approximate surface area is 393 Å². The Morgan fingerprint density at radius 3 is 2.51 bits per heavy atom. The summed E-state index contributed by atoms with van der Waals surface area (Å²) < 4.78 is 14.3. The van der Waals surface area contributed by atoms with E-state index < -0.39 is 64.7 Å². The first-order chi connectivity index (χ1) is 31.8. The molecule has 4 amide bonds. The molecule has 3 aliphatic heterocycles. The number of amides is 4. The molecule has 0 radical (unpaired) electrons. The maximum atomic E-state index is 14.7. The monoisotopic (exact) mass is 918 g/mol. The number of cyclic esters (lactones) is 1. The molecular weight excluding hydrogens is 853 g/mol. The number of fused-ring (bicyclic) bond motifs is 6. The molecule has 2 fully saturated rings. The van der Waals surface area contributed by atoms with E-state index in [9.17, 15) is 34.2 Å². The van der Waals surface area contributed by atoms with E-state index in [-0.39, 0.29) is 50.9 Å². The van der Waals surface area contributed by atoms with Gasteiger partial charge in [0.15, 0.2) is 5.60 Å². The zero-order valence-corrected chi connectivity index (χ0v) is 40.1. The molecule has 15 nitrogen and oxygen atoms in total. The standard InChI is InChI=1S/C52H66N6O9/c1-10-44(60)56-22-20-52(65,29-56)50(64)55(8)45(31(3)4)47(61)53-42-25-33-23-35(26-36(59)24-33)34-18-19-43-39(27-34)40(46(57(43)11-2)38-16-13-12-15-37(38)32(5)66-9)28-51(6,7)30-67-49(63)41-17-14-21-58(54-41)48(42)62/h10,12-13,15-16,18-19,23-24,26-27,31-32,41-42,45,54,59,65H,1,11,14,17,20-22,25,28-30H2,2-9H3,(H,53,61)/t32-,41+,42+,45+,52?/m1/s1. The lowest BCUT2D eigenvalue weighted by Crippen LogP contribution is -2.63. The molecule has 1 aromatic heterocycles. The molecular formula is C52H66N6O9. The lowest BCUT2D eigenvalue weighted by Gasteiger charge is -2.37. The van der Waals surface area contributed by atoms with Crippen LogP contribution in [0.25, 0.3) is 33.3 Å². The summed E-state index contributed by atoms with van der Waals surface area (Å²) in [6, 6.07) is 16.4. The molecule has 15 heteroatoms. The zero-order valence-electron chi connectivity index (χ0n) is 40.1. The van der Waals surface area contributed by atoms with Gasteiger partial charge in [0.25, 0.3) is 11.8 Å². The van der Waals surface area contributed by atoms with Crippen LogP contribution in [0.2, 0.25) is 0 Å². The van der Waals surface area contributed by atoms with Crippen molar-refractivity contribution in [2.24, 2.45) is 11.3 Å². The average molecular weight is 919 g/mol. The number of esters is 1. The third-order valence-electron chi connectivity index (χ3n) is 13.6. The van der Waals surface area contributed by atoms with E-state index in [0.29, 0.717) is 36.9 Å². The zero-order chi connectivity index (χ0) is 48.5. The molecule has 0 saturated carbocycles. The number of phenols is 1. The Kier molecular flexibility index (Phi) is 14.4. The maximum Gasteiger partial charge on any atom is 0.324 e. The number of aliphatic hydroxyl groups is 1. The second kappa shape index (κ2) is 19.7. The van der Waals surface area contributed by atoms with E-state index in [1.165, 1.54) is 21.9 Å². The fraction of sp³-hybridized carbons (Fsp3) is 0.481. The van der Waals surface area contributed by atoms with Crippen molar-refractivity contribution < 1.29 is 43.7 Å². The van der Waals surface area contributed by atoms with Crippen molar-refractivity contribution >= 4 is 40.5 Å². The van der Waals surface area contributed by atoms with Crippen molar-refractivity contribution in [3.63, 3.8) is 0 Å². The highest BCUT2D eigenvalue weighted by atomic mass is 16.5. The number of benzene rings is 3. The summed E-state index contributed by atoms with van der Waals surface area (Å²) in [4.78, 5) is 72.0. The van der Waals surface area contributed by atoms with E-state index in [0.717, 1.165) is 44.9 Å². The van der Waals surface area contributed by atoms with E-state index in [4.69, 9.17) is 9.47 Å². The highest BCUT2D eigenvalue weighted by molar-refractivity contribution is 5.97. The Bertz CT molecular complexity index is 2570. The van der Waals surface area contributed by atoms with Crippen LogP contribution in [-0.2, 0) is 52.8 Å². The molecule has 4 N–H and O–H groups in total. The number of ether oxygens (including phenoxy) is 2. The van der Waals surface area contributed by atoms with Crippen molar-refractivity contribution in [1.29, 1.82) is 0 Å². The second-order valence-electron chi connectivity index (χ2n) is 19.5. The van der Waals surface area contributed by atoms with Crippen molar-refractivity contribution in [3.8, 4) is 28.1 Å². The number of likely N-dealkylation sites (N-methyl/N-ethyl adjacent to an activating group) is 1. The predicted molar refractivity (Wildman–Crippen MR) is 255 cm³/mol. The van der Waals surface area contributed by atoms with Gasteiger partial charge in [-0.1, -0.05) is 70.7 Å². The Hall–Kier alpha value is -6.03. The molecule has 358 valence electrons. The number of hydrogen-bond donors (Lipinski definition) is 4. The molecule has 0 aliphatic carbocycles. The molecule has 6 bridgehead atoms. The van der Waals surface area contributed by atoms with Crippen LogP contribution in [0.15, 0.2) is 73.3 Å². The first-order valence-electron chi connectivity index (χ1n) is 23.4. The van der Waals surface area contributed by atoms with Crippen LogP contribution in [0, 0.1) is 11.3 Å². The largest absolute Gasteiger partial charge is 0.508 e. The number of carbonyl (C=O) groups excluding carboxylic acids is 5. The number of aromatic hydroxyl groups is 1. The molecule has 3 aliphatic rings. The number of rotatable bonds is 10. The van der Waals surface area contributed by atoms with Gasteiger partial charge in [-0.25, -0.2) is 5.43 Å². The first-order valence-corrected chi connectivity index (χ1v) is 23.4. The second-order valence-corrected chi connectivity index (χ2v) is 19.5. The fourth-order valence-corrected chi connectivity index (χ4v) is 10.1. The number of β-amino-alcohol motifs (C(OH)–C–C–N with tert-alkyl or cyclic N) is 1. The third-order valence-corrected chi connectivity index (χ3v) is 13.6. The lowest BCUT2D eigenvalue weighted by molar-refractivity contribution is -0.156. The maximum absolute atomic E-state index is 14.7. The number of hydrazine groups is 1. The number of phenolic OH excluding ortho intramolecular Hbond substituents is 1. The SMILES string of the molecule is C=CC(=O)N1CCC(O)(C(=O)N(C)[C@H](C(=O)N[C@H]2Cc3cc(O)cc(c3)-c3ccc4c(c3)c(c(-c3ccccc3[C@@H](C)OC)n4CC)CC(C)(C)COC(=O)[C@@H]3CCCN(N3)C2=O)C(C)C)C1. The van der Waals surface area contributed by atoms with Gasteiger partial charge in [0, 0.05) is 68.5 Å². The van der Waals surface area contributed by atoms with Gasteiger partial charge in [0.1, 0.15) is 23.9 Å². The first kappa shape index (κ1) is 48.9. The van der Waals surface area contributed by atoms with Crippen LogP contribution < -0.4 is 10.7 Å². The molecule has 3 aromatic carbocycles. The van der Waals surface area contributed by atoms with E-state index in [2.05, 4.69) is 66.9 Å². The van der Waals surface area contributed by atoms with Gasteiger partial charge in [-0.05, 0) is 97.2 Å². The predicted octanol–water partition coefficient (Wildman–Crippen LogP) is 5.69. The van der Waals surface area contributed by atoms with Crippen LogP contribution in [0.1, 0.15) is 83.6 Å². The molecule has 2 saturated heterocycles. The quantitative estimate of drug-likeness (QED) is 0.114. The summed E-state index contributed by atoms with van der Waals surface area (Å²) in [5, 5.41) is 28.1. The molecule has 67 heavy (non-hydrogen) atoms. The lowest BCUT2D eigenvalue weighted by atomic mass is 9.83. The van der Waals surface area contributed by atoms with Crippen molar-refractivity contribution in [3.05, 3.63) is 90.0 Å². The van der Waals surface area contributed by atoms with E-state index in [1.54, 1.807) is 33.1 Å². The number of aryl methyl sites for hydroxylation is 1. The van der Waals surface area contributed by atoms with Gasteiger partial charge in [-0.2, -0.15) is 0 Å². The number of carbonyl (C=O) groups is 5. The van der Waals surface area contributed by atoms with Crippen LogP contribution in [0.4, 0.5) is 0 Å². The highest BCUT2D eigenvalue weighted by Crippen LogP contribution is 2.43. The molecule has 7 rings (SSSR count). The Morgan fingerprint density at radius 1 is 1.06 bits per heavy atom. The summed E-state index contributed by atoms with van der Waals surface area (Å²) in [5.41, 5.74) is 7.93. The molecule has 5 atom stereocenters. The Balaban J connectivity index is 1.31. The molecule has 1 unspecified atom stereocenters. The van der Waals surface area contributed by atoms with Gasteiger partial charge < -0.3 is 39.4 Å². The minimum Gasteiger partial charge on any atom is -0.508 e. The summed E-state index contributed by atoms with van der Waals surface area (Å²) in [5.74, 6) is -3.31. The minimum absolute atomic E-state index is 0.0215. The number of nitrogens with one attached hydrogen (secondary N) is 2. The van der Waals surface area contributed by atoms with Crippen molar-refractivity contribution in [2.75, 3.05) is 40.4 Å². The number of nitrogens with zero attached hydrogens (tertiary/aromatic N) is 4. The van der Waals surface area contributed by atoms with Crippen molar-refractivity contribution in [1.82, 2.24) is 30.1 Å². The van der Waals surface area contributed by atoms with Crippen molar-refractivity contribution in [2.45, 2.75) is 110 Å². The van der Waals surface area contributed by atoms with Crippen LogP contribution in [0.3, 0.4) is 0 Å². The Morgan fingerprint density at radius 2 is 1.81 bits per heavy atom. The summed E-state index contributed by atoms with van der Waals surface area (Å²) >= 11 is 0. The smallest absolute Gasteiger partial charge is 0.324 e. The number of methoxy groups -OCH3 is 1. The average Bonchev–Trinajstić information content (AvgIpc) is 3.86. The minimum atomic E-state index is -1.93. The van der Waals surface area contributed by atoms with Gasteiger partial charge in [-0.15, -0.1) is 0 Å². The van der Waals surface area contributed by atoms with Crippen LogP contribution in [0.5, 0.6) is 5.75 Å². The fourth-order valence-electron chi connectivity index (χ4n) is 10.1. The van der Waals surface area contributed by atoms with Gasteiger partial charge in [-0.3, -0.25) is 29.0 Å². The topological polar surface area (TPSA) is 183 Å².